The van der Waals surface area contributed by atoms with Crippen LogP contribution in [0.2, 0.25) is 0 Å². The quantitative estimate of drug-likeness (QED) is 0.162. The lowest BCUT2D eigenvalue weighted by Gasteiger charge is -2.48. The van der Waals surface area contributed by atoms with Crippen molar-refractivity contribution in [3.05, 3.63) is 173 Å². The minimum atomic E-state index is -0.138. The Labute approximate surface area is 416 Å². The van der Waals surface area contributed by atoms with Gasteiger partial charge in [-0.25, -0.2) is 0 Å². The third kappa shape index (κ3) is 7.97. The summed E-state index contributed by atoms with van der Waals surface area (Å²) in [4.78, 5) is 5.35. The molecule has 7 aromatic rings. The number of benzene rings is 7. The summed E-state index contributed by atoms with van der Waals surface area (Å²) in [7, 11) is 0. The van der Waals surface area contributed by atoms with Gasteiger partial charge in [0, 0.05) is 34.0 Å². The Hall–Kier alpha value is -5.80. The van der Waals surface area contributed by atoms with Crippen LogP contribution in [0.3, 0.4) is 0 Å². The molecule has 0 fully saturated rings. The van der Waals surface area contributed by atoms with Gasteiger partial charge in [0.25, 0.3) is 6.71 Å². The fourth-order valence-corrected chi connectivity index (χ4v) is 11.7. The molecule has 0 amide bonds. The van der Waals surface area contributed by atoms with Gasteiger partial charge >= 0.3 is 0 Å². The maximum absolute atomic E-state index is 2.73. The minimum Gasteiger partial charge on any atom is -0.311 e. The van der Waals surface area contributed by atoms with Gasteiger partial charge in [-0.05, 0) is 160 Å². The Balaban J connectivity index is 1.41. The van der Waals surface area contributed by atoms with Crippen molar-refractivity contribution in [2.24, 2.45) is 0 Å². The molecule has 2 heterocycles. The molecule has 0 atom stereocenters. The summed E-state index contributed by atoms with van der Waals surface area (Å²) in [5, 5.41) is 0. The lowest BCUT2D eigenvalue weighted by atomic mass is 9.32. The zero-order valence-corrected chi connectivity index (χ0v) is 44.7. The molecule has 2 nitrogen and oxygen atoms in total. The largest absolute Gasteiger partial charge is 0.311 e. The van der Waals surface area contributed by atoms with Gasteiger partial charge in [-0.2, -0.15) is 0 Å². The highest BCUT2D eigenvalue weighted by molar-refractivity contribution is 7.00. The van der Waals surface area contributed by atoms with Crippen molar-refractivity contribution in [1.29, 1.82) is 0 Å². The van der Waals surface area contributed by atoms with Crippen LogP contribution in [0.15, 0.2) is 140 Å². The van der Waals surface area contributed by atoms with Crippen molar-refractivity contribution in [2.45, 2.75) is 156 Å². The summed E-state index contributed by atoms with van der Waals surface area (Å²) in [5.41, 5.74) is 24.8. The second-order valence-electron chi connectivity index (χ2n) is 26.2. The fourth-order valence-electron chi connectivity index (χ4n) is 11.7. The molecule has 0 saturated carbocycles. The second-order valence-corrected chi connectivity index (χ2v) is 26.2. The number of fused-ring (bicyclic) bond motifs is 5. The van der Waals surface area contributed by atoms with Crippen LogP contribution in [-0.2, 0) is 32.5 Å². The van der Waals surface area contributed by atoms with E-state index in [1.54, 1.807) is 0 Å². The van der Waals surface area contributed by atoms with Crippen molar-refractivity contribution in [3.8, 4) is 22.3 Å². The van der Waals surface area contributed by atoms with E-state index in [2.05, 4.69) is 260 Å². The molecule has 1 aliphatic carbocycles. The van der Waals surface area contributed by atoms with Crippen LogP contribution in [0.25, 0.3) is 22.3 Å². The highest BCUT2D eigenvalue weighted by atomic mass is 15.2. The molecule has 0 aromatic heterocycles. The fraction of sp³-hybridized carbons (Fsp3) is 0.364. The van der Waals surface area contributed by atoms with Crippen molar-refractivity contribution in [2.75, 3.05) is 9.80 Å². The molecule has 0 N–H and O–H groups in total. The van der Waals surface area contributed by atoms with Crippen LogP contribution in [-0.4, -0.2) is 6.71 Å². The third-order valence-electron chi connectivity index (χ3n) is 16.1. The summed E-state index contributed by atoms with van der Waals surface area (Å²) < 4.78 is 0. The smallest absolute Gasteiger partial charge is 0.252 e. The van der Waals surface area contributed by atoms with Gasteiger partial charge in [0.05, 0.1) is 5.69 Å². The topological polar surface area (TPSA) is 6.48 Å². The maximum atomic E-state index is 2.73. The Morgan fingerprint density at radius 3 is 1.42 bits per heavy atom. The first-order chi connectivity index (χ1) is 32.2. The van der Waals surface area contributed by atoms with Crippen LogP contribution in [0.4, 0.5) is 34.1 Å². The highest BCUT2D eigenvalue weighted by Gasteiger charge is 2.48. The Morgan fingerprint density at radius 2 is 0.884 bits per heavy atom. The molecular weight excluding hydrogens is 832 g/mol. The lowest BCUT2D eigenvalue weighted by Crippen LogP contribution is -2.62. The SMILES string of the molecule is CC(C)(C)c1ccc(N2c3ccc(C(C)(C)C)cc3B3c4cc5c(cc4N(c4cc(-c6ccccc6)c(C(C)(C)C)cc4-c4ccccc4)c4cc(C(C)(C)C)cc2c43)C(C)(C)CCC5(C)C)cc1. The van der Waals surface area contributed by atoms with Crippen LogP contribution in [0.1, 0.15) is 157 Å². The number of anilines is 6. The molecule has 352 valence electrons. The normalized spacial score (nSPS) is 16.1. The van der Waals surface area contributed by atoms with E-state index in [1.165, 1.54) is 106 Å². The maximum Gasteiger partial charge on any atom is 0.252 e. The summed E-state index contributed by atoms with van der Waals surface area (Å²) in [6, 6.07) is 54.8. The second kappa shape index (κ2) is 15.9. The summed E-state index contributed by atoms with van der Waals surface area (Å²) >= 11 is 0. The minimum absolute atomic E-state index is 0.00595. The monoisotopic (exact) mass is 907 g/mol. The predicted octanol–water partition coefficient (Wildman–Crippen LogP) is 16.6. The number of rotatable bonds is 4. The molecule has 69 heavy (non-hydrogen) atoms. The van der Waals surface area contributed by atoms with Crippen LogP contribution < -0.4 is 26.2 Å². The molecule has 10 rings (SSSR count). The van der Waals surface area contributed by atoms with E-state index < -0.39 is 0 Å². The first kappa shape index (κ1) is 46.9. The number of hydrogen-bond donors (Lipinski definition) is 0. The van der Waals surface area contributed by atoms with Crippen LogP contribution >= 0.6 is 0 Å². The van der Waals surface area contributed by atoms with E-state index in [-0.39, 0.29) is 39.2 Å². The third-order valence-corrected chi connectivity index (χ3v) is 16.1. The standard InChI is InChI=1S/C66H75BN2/c1-61(2,3)44-27-30-47(31-28-44)68-55-32-29-45(62(4,5)6)35-53(55)67-54-40-51-52(66(15,16)34-33-65(51,13)14)41-57(54)69(59-37-46(63(7,8)9)36-58(68)60(59)67)56-39-48(42-23-19-17-20-24-42)50(64(10,11)12)38-49(56)43-25-21-18-22-26-43/h17-32,35-41H,33-34H2,1-16H3. The molecule has 0 unspecified atom stereocenters. The van der Waals surface area contributed by atoms with E-state index in [0.29, 0.717) is 0 Å². The van der Waals surface area contributed by atoms with Gasteiger partial charge in [-0.3, -0.25) is 0 Å². The van der Waals surface area contributed by atoms with Gasteiger partial charge < -0.3 is 9.80 Å². The van der Waals surface area contributed by atoms with E-state index in [4.69, 9.17) is 0 Å². The van der Waals surface area contributed by atoms with E-state index >= 15 is 0 Å². The summed E-state index contributed by atoms with van der Waals surface area (Å²) in [6.07, 6.45) is 2.31. The molecule has 0 saturated heterocycles. The molecule has 3 heteroatoms. The van der Waals surface area contributed by atoms with E-state index in [0.717, 1.165) is 12.8 Å². The molecule has 0 radical (unpaired) electrons. The zero-order chi connectivity index (χ0) is 49.4. The lowest BCUT2D eigenvalue weighted by molar-refractivity contribution is 0.332. The number of hydrogen-bond acceptors (Lipinski definition) is 2. The Bertz CT molecular complexity index is 3130. The van der Waals surface area contributed by atoms with Gasteiger partial charge in [0.2, 0.25) is 0 Å². The van der Waals surface area contributed by atoms with Crippen molar-refractivity contribution in [3.63, 3.8) is 0 Å². The van der Waals surface area contributed by atoms with Gasteiger partial charge in [0.1, 0.15) is 0 Å². The first-order valence-corrected chi connectivity index (χ1v) is 25.8. The first-order valence-electron chi connectivity index (χ1n) is 25.8. The van der Waals surface area contributed by atoms with Gasteiger partial charge in [-0.1, -0.05) is 202 Å². The summed E-state index contributed by atoms with van der Waals surface area (Å²) in [6.45, 7) is 38.3. The molecule has 0 bridgehead atoms. The molecule has 0 spiro atoms. The highest BCUT2D eigenvalue weighted by Crippen LogP contribution is 2.53. The van der Waals surface area contributed by atoms with Crippen molar-refractivity contribution < 1.29 is 0 Å². The predicted molar refractivity (Wildman–Crippen MR) is 301 cm³/mol. The van der Waals surface area contributed by atoms with Crippen molar-refractivity contribution >= 4 is 57.2 Å². The number of nitrogens with zero attached hydrogens (tertiary/aromatic N) is 2. The van der Waals surface area contributed by atoms with Crippen LogP contribution in [0, 0.1) is 0 Å². The van der Waals surface area contributed by atoms with E-state index in [1.807, 2.05) is 0 Å². The molecule has 7 aromatic carbocycles. The van der Waals surface area contributed by atoms with Crippen molar-refractivity contribution in [1.82, 2.24) is 0 Å². The van der Waals surface area contributed by atoms with E-state index in [9.17, 15) is 0 Å². The zero-order valence-electron chi connectivity index (χ0n) is 44.7. The Morgan fingerprint density at radius 1 is 0.391 bits per heavy atom. The van der Waals surface area contributed by atoms with Crippen LogP contribution in [0.5, 0.6) is 0 Å². The summed E-state index contributed by atoms with van der Waals surface area (Å²) in [5.74, 6) is 0. The molecule has 2 aliphatic heterocycles. The average Bonchev–Trinajstić information content (AvgIpc) is 3.29. The van der Waals surface area contributed by atoms with Gasteiger partial charge in [0.15, 0.2) is 0 Å². The molecular formula is C66H75BN2. The average molecular weight is 907 g/mol. The van der Waals surface area contributed by atoms with Gasteiger partial charge in [-0.15, -0.1) is 0 Å². The molecule has 3 aliphatic rings. The Kier molecular flexibility index (Phi) is 10.8.